The molecule has 0 aromatic carbocycles. The minimum atomic E-state index is -4.45. The van der Waals surface area contributed by atoms with Gasteiger partial charge in [0.05, 0.1) is 30.1 Å². The van der Waals surface area contributed by atoms with E-state index in [1.165, 1.54) is 4.68 Å². The fraction of sp³-hybridized carbons (Fsp3) is 0.294. The molecule has 3 aromatic rings. The van der Waals surface area contributed by atoms with Gasteiger partial charge in [0.15, 0.2) is 0 Å². The number of rotatable bonds is 5. The first kappa shape index (κ1) is 18.8. The standard InChI is InChI=1S/C17H17F3N6O/c1-10-5-13(14-8-26(25-24-14)11(2)9-27)22-16(6-10)23-15-7-12(3-4-21-15)17(18,19)20/h3-8,11,27H,9H2,1-2H3,(H,21,22,23). The fourth-order valence-corrected chi connectivity index (χ4v) is 2.36. The average Bonchev–Trinajstić information content (AvgIpc) is 3.10. The van der Waals surface area contributed by atoms with E-state index in [-0.39, 0.29) is 18.5 Å². The fourth-order valence-electron chi connectivity index (χ4n) is 2.36. The molecule has 3 heterocycles. The van der Waals surface area contributed by atoms with Crippen LogP contribution in [0.25, 0.3) is 11.4 Å². The third kappa shape index (κ3) is 4.40. The maximum atomic E-state index is 12.8. The van der Waals surface area contributed by atoms with Crippen molar-refractivity contribution in [2.24, 2.45) is 0 Å². The third-order valence-corrected chi connectivity index (χ3v) is 3.80. The summed E-state index contributed by atoms with van der Waals surface area (Å²) >= 11 is 0. The van der Waals surface area contributed by atoms with Crippen LogP contribution in [-0.4, -0.2) is 36.7 Å². The van der Waals surface area contributed by atoms with E-state index in [9.17, 15) is 18.3 Å². The molecule has 1 atom stereocenters. The lowest BCUT2D eigenvalue weighted by atomic mass is 10.2. The van der Waals surface area contributed by atoms with Crippen molar-refractivity contribution in [1.82, 2.24) is 25.0 Å². The number of halogens is 3. The average molecular weight is 378 g/mol. The largest absolute Gasteiger partial charge is 0.416 e. The molecule has 27 heavy (non-hydrogen) atoms. The molecule has 0 spiro atoms. The molecule has 0 aliphatic carbocycles. The second-order valence-electron chi connectivity index (χ2n) is 6.08. The van der Waals surface area contributed by atoms with Crippen LogP contribution in [0.3, 0.4) is 0 Å². The van der Waals surface area contributed by atoms with Crippen molar-refractivity contribution in [3.8, 4) is 11.4 Å². The molecule has 7 nitrogen and oxygen atoms in total. The predicted molar refractivity (Wildman–Crippen MR) is 92.3 cm³/mol. The number of aryl methyl sites for hydroxylation is 1. The van der Waals surface area contributed by atoms with Crippen LogP contribution >= 0.6 is 0 Å². The summed E-state index contributed by atoms with van der Waals surface area (Å²) in [5.41, 5.74) is 1.02. The van der Waals surface area contributed by atoms with E-state index in [1.54, 1.807) is 25.3 Å². The molecule has 0 amide bonds. The van der Waals surface area contributed by atoms with E-state index in [0.717, 1.165) is 23.9 Å². The van der Waals surface area contributed by atoms with Gasteiger partial charge < -0.3 is 10.4 Å². The van der Waals surface area contributed by atoms with Gasteiger partial charge >= 0.3 is 6.18 Å². The number of aliphatic hydroxyl groups is 1. The van der Waals surface area contributed by atoms with Gasteiger partial charge in [0.1, 0.15) is 17.3 Å². The molecule has 0 saturated carbocycles. The third-order valence-electron chi connectivity index (χ3n) is 3.80. The molecule has 142 valence electrons. The number of hydrogen-bond acceptors (Lipinski definition) is 6. The van der Waals surface area contributed by atoms with E-state index < -0.39 is 11.7 Å². The molecule has 0 aliphatic heterocycles. The Balaban J connectivity index is 1.89. The Hall–Kier alpha value is -3.01. The molecule has 2 N–H and O–H groups in total. The highest BCUT2D eigenvalue weighted by atomic mass is 19.4. The first-order chi connectivity index (χ1) is 12.8. The minimum Gasteiger partial charge on any atom is -0.394 e. The van der Waals surface area contributed by atoms with Crippen molar-refractivity contribution in [3.63, 3.8) is 0 Å². The van der Waals surface area contributed by atoms with Gasteiger partial charge in [-0.05, 0) is 43.7 Å². The molecular weight excluding hydrogens is 361 g/mol. The van der Waals surface area contributed by atoms with Crippen LogP contribution in [0.5, 0.6) is 0 Å². The monoisotopic (exact) mass is 378 g/mol. The lowest BCUT2D eigenvalue weighted by Crippen LogP contribution is -2.09. The molecule has 0 bridgehead atoms. The molecule has 3 rings (SSSR count). The highest BCUT2D eigenvalue weighted by molar-refractivity contribution is 5.61. The molecule has 0 fully saturated rings. The Morgan fingerprint density at radius 2 is 1.96 bits per heavy atom. The van der Waals surface area contributed by atoms with E-state index >= 15 is 0 Å². The van der Waals surface area contributed by atoms with Gasteiger partial charge in [-0.15, -0.1) is 5.10 Å². The molecule has 0 saturated heterocycles. The summed E-state index contributed by atoms with van der Waals surface area (Å²) in [6.07, 6.45) is -1.72. The van der Waals surface area contributed by atoms with Crippen molar-refractivity contribution in [2.75, 3.05) is 11.9 Å². The highest BCUT2D eigenvalue weighted by Gasteiger charge is 2.30. The maximum absolute atomic E-state index is 12.8. The summed E-state index contributed by atoms with van der Waals surface area (Å²) in [7, 11) is 0. The normalized spacial score (nSPS) is 12.8. The zero-order chi connectivity index (χ0) is 19.6. The molecule has 0 radical (unpaired) electrons. The zero-order valence-electron chi connectivity index (χ0n) is 14.6. The van der Waals surface area contributed by atoms with Crippen LogP contribution in [-0.2, 0) is 6.18 Å². The SMILES string of the molecule is Cc1cc(Nc2cc(C(F)(F)F)ccn2)nc(-c2cn(C(C)CO)nn2)c1. The number of aliphatic hydroxyl groups excluding tert-OH is 1. The lowest BCUT2D eigenvalue weighted by molar-refractivity contribution is -0.137. The Morgan fingerprint density at radius 3 is 2.67 bits per heavy atom. The first-order valence-electron chi connectivity index (χ1n) is 8.08. The summed E-state index contributed by atoms with van der Waals surface area (Å²) in [5.74, 6) is 0.369. The Labute approximate surface area is 152 Å². The molecule has 1 unspecified atom stereocenters. The topological polar surface area (TPSA) is 88.8 Å². The maximum Gasteiger partial charge on any atom is 0.416 e. The molecule has 10 heteroatoms. The number of nitrogens with zero attached hydrogens (tertiary/aromatic N) is 5. The van der Waals surface area contributed by atoms with Crippen LogP contribution in [0.1, 0.15) is 24.1 Å². The summed E-state index contributed by atoms with van der Waals surface area (Å²) in [4.78, 5) is 8.29. The Morgan fingerprint density at radius 1 is 1.19 bits per heavy atom. The second kappa shape index (κ2) is 7.31. The van der Waals surface area contributed by atoms with Crippen LogP contribution in [0.4, 0.5) is 24.8 Å². The number of nitrogens with one attached hydrogen (secondary N) is 1. The summed E-state index contributed by atoms with van der Waals surface area (Å²) in [6.45, 7) is 3.53. The summed E-state index contributed by atoms with van der Waals surface area (Å²) in [6, 6.07) is 5.06. The van der Waals surface area contributed by atoms with Crippen LogP contribution < -0.4 is 5.32 Å². The van der Waals surface area contributed by atoms with E-state index in [0.29, 0.717) is 17.2 Å². The lowest BCUT2D eigenvalue weighted by Gasteiger charge is -2.10. The summed E-state index contributed by atoms with van der Waals surface area (Å²) < 4.78 is 40.1. The number of aromatic nitrogens is 5. The quantitative estimate of drug-likeness (QED) is 0.708. The van der Waals surface area contributed by atoms with Crippen LogP contribution in [0.15, 0.2) is 36.7 Å². The number of pyridine rings is 2. The molecule has 3 aromatic heterocycles. The van der Waals surface area contributed by atoms with Crippen LogP contribution in [0, 0.1) is 6.92 Å². The zero-order valence-corrected chi connectivity index (χ0v) is 14.6. The van der Waals surface area contributed by atoms with Crippen LogP contribution in [0.2, 0.25) is 0 Å². The van der Waals surface area contributed by atoms with Crippen molar-refractivity contribution in [1.29, 1.82) is 0 Å². The van der Waals surface area contributed by atoms with Gasteiger partial charge in [-0.2, -0.15) is 13.2 Å². The van der Waals surface area contributed by atoms with E-state index in [4.69, 9.17) is 0 Å². The minimum absolute atomic E-state index is 0.0337. The van der Waals surface area contributed by atoms with E-state index in [2.05, 4.69) is 25.6 Å². The Bertz CT molecular complexity index is 940. The van der Waals surface area contributed by atoms with Gasteiger partial charge in [-0.3, -0.25) is 0 Å². The van der Waals surface area contributed by atoms with Gasteiger partial charge in [0.2, 0.25) is 0 Å². The Kier molecular flexibility index (Phi) is 5.08. The number of alkyl halides is 3. The summed E-state index contributed by atoms with van der Waals surface area (Å²) in [5, 5.41) is 20.0. The van der Waals surface area contributed by atoms with Crippen molar-refractivity contribution >= 4 is 11.6 Å². The van der Waals surface area contributed by atoms with Gasteiger partial charge in [-0.1, -0.05) is 5.21 Å². The van der Waals surface area contributed by atoms with Gasteiger partial charge in [0.25, 0.3) is 0 Å². The van der Waals surface area contributed by atoms with Crippen molar-refractivity contribution in [3.05, 3.63) is 47.8 Å². The highest BCUT2D eigenvalue weighted by Crippen LogP contribution is 2.30. The second-order valence-corrected chi connectivity index (χ2v) is 6.08. The predicted octanol–water partition coefficient (Wildman–Crippen LogP) is 3.36. The van der Waals surface area contributed by atoms with Crippen molar-refractivity contribution < 1.29 is 18.3 Å². The number of hydrogen-bond donors (Lipinski definition) is 2. The van der Waals surface area contributed by atoms with E-state index in [1.807, 2.05) is 6.92 Å². The molecular formula is C17H17F3N6O. The molecule has 0 aliphatic rings. The van der Waals surface area contributed by atoms with Gasteiger partial charge in [-0.25, -0.2) is 14.6 Å². The first-order valence-corrected chi connectivity index (χ1v) is 8.08. The van der Waals surface area contributed by atoms with Gasteiger partial charge in [0, 0.05) is 6.20 Å². The smallest absolute Gasteiger partial charge is 0.394 e. The van der Waals surface area contributed by atoms with Crippen molar-refractivity contribution in [2.45, 2.75) is 26.1 Å². The number of anilines is 2.